The van der Waals surface area contributed by atoms with Crippen molar-refractivity contribution in [3.05, 3.63) is 78.1 Å². The molecule has 1 aromatic heterocycles. The molecule has 3 aromatic rings. The van der Waals surface area contributed by atoms with Gasteiger partial charge in [-0.05, 0) is 37.6 Å². The van der Waals surface area contributed by atoms with Crippen molar-refractivity contribution in [3.8, 4) is 5.75 Å². The van der Waals surface area contributed by atoms with Crippen LogP contribution in [0.15, 0.2) is 66.3 Å². The summed E-state index contributed by atoms with van der Waals surface area (Å²) in [5, 5.41) is 11.8. The molecule has 3 rings (SSSR count). The average molecular weight is 437 g/mol. The van der Waals surface area contributed by atoms with E-state index in [-0.39, 0.29) is 24.1 Å². The molecule has 0 radical (unpaired) electrons. The molecule has 0 aliphatic carbocycles. The summed E-state index contributed by atoms with van der Waals surface area (Å²) < 4.78 is 7.76. The molecule has 0 bridgehead atoms. The van der Waals surface area contributed by atoms with Gasteiger partial charge in [0.25, 0.3) is 0 Å². The third-order valence-corrected chi connectivity index (χ3v) is 5.41. The third-order valence-electron chi connectivity index (χ3n) is 4.44. The summed E-state index contributed by atoms with van der Waals surface area (Å²) in [6.07, 6.45) is 1.75. The number of carbonyl (C=O) groups is 2. The van der Waals surface area contributed by atoms with E-state index in [2.05, 4.69) is 22.1 Å². The predicted octanol–water partition coefficient (Wildman–Crippen LogP) is 4.28. The number of para-hydroxylation sites is 1. The van der Waals surface area contributed by atoms with E-state index in [0.717, 1.165) is 11.3 Å². The minimum atomic E-state index is -0.198. The average Bonchev–Trinajstić information content (AvgIpc) is 3.14. The van der Waals surface area contributed by atoms with Gasteiger partial charge in [-0.3, -0.25) is 14.2 Å². The van der Waals surface area contributed by atoms with Crippen LogP contribution in [0.25, 0.3) is 0 Å². The number of nitrogens with one attached hydrogen (secondary N) is 1. The lowest BCUT2D eigenvalue weighted by molar-refractivity contribution is -0.113. The van der Waals surface area contributed by atoms with Crippen LogP contribution in [0.2, 0.25) is 0 Å². The largest absolute Gasteiger partial charge is 0.485 e. The fourth-order valence-electron chi connectivity index (χ4n) is 2.85. The zero-order chi connectivity index (χ0) is 22.2. The number of Topliss-reactive ketones (excluding diaryl/α,β-unsaturated/α-hetero) is 1. The molecule has 1 amide bonds. The molecule has 0 unspecified atom stereocenters. The monoisotopic (exact) mass is 436 g/mol. The number of ether oxygens (including phenoxy) is 1. The zero-order valence-corrected chi connectivity index (χ0v) is 18.3. The van der Waals surface area contributed by atoms with E-state index >= 15 is 0 Å². The van der Waals surface area contributed by atoms with Gasteiger partial charge in [0.15, 0.2) is 16.8 Å². The van der Waals surface area contributed by atoms with Crippen molar-refractivity contribution in [2.45, 2.75) is 32.2 Å². The summed E-state index contributed by atoms with van der Waals surface area (Å²) in [4.78, 5) is 23.9. The molecular weight excluding hydrogens is 412 g/mol. The Bertz CT molecular complexity index is 1090. The summed E-state index contributed by atoms with van der Waals surface area (Å²) in [5.41, 5.74) is 2.17. The van der Waals surface area contributed by atoms with E-state index in [1.807, 2.05) is 35.8 Å². The number of allylic oxidation sites excluding steroid dienone is 1. The van der Waals surface area contributed by atoms with E-state index < -0.39 is 0 Å². The van der Waals surface area contributed by atoms with Gasteiger partial charge in [0.2, 0.25) is 5.91 Å². The highest BCUT2D eigenvalue weighted by atomic mass is 32.2. The van der Waals surface area contributed by atoms with Crippen LogP contribution in [0.3, 0.4) is 0 Å². The Hall–Kier alpha value is -3.39. The number of aryl methyl sites for hydroxylation is 1. The second-order valence-electron chi connectivity index (χ2n) is 6.83. The van der Waals surface area contributed by atoms with Gasteiger partial charge < -0.3 is 10.1 Å². The van der Waals surface area contributed by atoms with E-state index in [9.17, 15) is 9.59 Å². The van der Waals surface area contributed by atoms with Crippen LogP contribution < -0.4 is 10.1 Å². The number of aromatic nitrogens is 3. The van der Waals surface area contributed by atoms with Crippen LogP contribution in [0.5, 0.6) is 5.75 Å². The molecule has 1 N–H and O–H groups in total. The summed E-state index contributed by atoms with van der Waals surface area (Å²) >= 11 is 1.28. The number of carbonyl (C=O) groups excluding carboxylic acids is 2. The fraction of sp³-hybridized carbons (Fsp3) is 0.217. The van der Waals surface area contributed by atoms with Crippen molar-refractivity contribution in [1.82, 2.24) is 14.8 Å². The van der Waals surface area contributed by atoms with Crippen molar-refractivity contribution >= 4 is 29.1 Å². The van der Waals surface area contributed by atoms with Gasteiger partial charge in [-0.2, -0.15) is 0 Å². The molecule has 8 heteroatoms. The smallest absolute Gasteiger partial charge is 0.234 e. The van der Waals surface area contributed by atoms with E-state index in [0.29, 0.717) is 28.8 Å². The van der Waals surface area contributed by atoms with Crippen molar-refractivity contribution in [2.24, 2.45) is 0 Å². The number of thioether (sulfide) groups is 1. The van der Waals surface area contributed by atoms with Crippen molar-refractivity contribution in [3.63, 3.8) is 0 Å². The summed E-state index contributed by atoms with van der Waals surface area (Å²) in [6.45, 7) is 8.03. The molecule has 1 heterocycles. The van der Waals surface area contributed by atoms with Gasteiger partial charge in [-0.25, -0.2) is 0 Å². The minimum absolute atomic E-state index is 0.0524. The summed E-state index contributed by atoms with van der Waals surface area (Å²) in [5.74, 6) is 1.34. The van der Waals surface area contributed by atoms with Crippen LogP contribution in [0.1, 0.15) is 28.7 Å². The molecule has 0 spiro atoms. The Balaban J connectivity index is 1.62. The minimum Gasteiger partial charge on any atom is -0.485 e. The van der Waals surface area contributed by atoms with Gasteiger partial charge in [0.1, 0.15) is 12.4 Å². The number of ketones is 1. The molecule has 7 nitrogen and oxygen atoms in total. The second kappa shape index (κ2) is 10.6. The fourth-order valence-corrected chi connectivity index (χ4v) is 3.62. The molecule has 31 heavy (non-hydrogen) atoms. The summed E-state index contributed by atoms with van der Waals surface area (Å²) in [7, 11) is 0. The number of hydrogen-bond donors (Lipinski definition) is 1. The third kappa shape index (κ3) is 6.05. The van der Waals surface area contributed by atoms with E-state index in [1.165, 1.54) is 18.7 Å². The number of benzene rings is 2. The highest BCUT2D eigenvalue weighted by molar-refractivity contribution is 7.99. The second-order valence-corrected chi connectivity index (χ2v) is 7.77. The van der Waals surface area contributed by atoms with Crippen LogP contribution in [0.4, 0.5) is 5.69 Å². The normalized spacial score (nSPS) is 10.5. The lowest BCUT2D eigenvalue weighted by atomic mass is 10.1. The Kier molecular flexibility index (Phi) is 7.61. The molecular formula is C23H24N4O3S. The quantitative estimate of drug-likeness (QED) is 0.290. The van der Waals surface area contributed by atoms with Gasteiger partial charge in [-0.1, -0.05) is 48.2 Å². The van der Waals surface area contributed by atoms with Crippen molar-refractivity contribution < 1.29 is 14.3 Å². The Morgan fingerprint density at radius 2 is 2.00 bits per heavy atom. The SMILES string of the molecule is C=CCn1c(COc2ccccc2C)nnc1SCC(=O)Nc1cccc(C(C)=O)c1. The number of anilines is 1. The molecule has 0 atom stereocenters. The highest BCUT2D eigenvalue weighted by Crippen LogP contribution is 2.21. The standard InChI is InChI=1S/C23H24N4O3S/c1-4-12-27-21(14-30-20-11-6-5-8-16(20)2)25-26-23(27)31-15-22(29)24-19-10-7-9-18(13-19)17(3)28/h4-11,13H,1,12,14-15H2,2-3H3,(H,24,29). The van der Waals surface area contributed by atoms with Gasteiger partial charge >= 0.3 is 0 Å². The number of amides is 1. The Labute approximate surface area is 185 Å². The van der Waals surface area contributed by atoms with E-state index in [4.69, 9.17) is 4.74 Å². The van der Waals surface area contributed by atoms with Crippen LogP contribution in [0, 0.1) is 6.92 Å². The first-order valence-electron chi connectivity index (χ1n) is 9.73. The number of hydrogen-bond acceptors (Lipinski definition) is 6. The van der Waals surface area contributed by atoms with Crippen LogP contribution in [-0.4, -0.2) is 32.2 Å². The summed E-state index contributed by atoms with van der Waals surface area (Å²) in [6, 6.07) is 14.6. The molecule has 0 aliphatic rings. The van der Waals surface area contributed by atoms with E-state index in [1.54, 1.807) is 30.3 Å². The van der Waals surface area contributed by atoms with Crippen molar-refractivity contribution in [1.29, 1.82) is 0 Å². The maximum Gasteiger partial charge on any atom is 0.234 e. The topological polar surface area (TPSA) is 86.1 Å². The Morgan fingerprint density at radius 3 is 2.74 bits per heavy atom. The zero-order valence-electron chi connectivity index (χ0n) is 17.5. The molecule has 160 valence electrons. The molecule has 0 saturated carbocycles. The molecule has 0 aliphatic heterocycles. The lowest BCUT2D eigenvalue weighted by Crippen LogP contribution is -2.15. The lowest BCUT2D eigenvalue weighted by Gasteiger charge is -2.10. The van der Waals surface area contributed by atoms with Crippen LogP contribution >= 0.6 is 11.8 Å². The molecule has 2 aromatic carbocycles. The maximum atomic E-state index is 12.4. The van der Waals surface area contributed by atoms with Crippen LogP contribution in [-0.2, 0) is 17.9 Å². The molecule has 0 fully saturated rings. The number of nitrogens with zero attached hydrogens (tertiary/aromatic N) is 3. The number of rotatable bonds is 10. The van der Waals surface area contributed by atoms with Gasteiger partial charge in [0.05, 0.1) is 5.75 Å². The first-order chi connectivity index (χ1) is 15.0. The van der Waals surface area contributed by atoms with Gasteiger partial charge in [0, 0.05) is 17.8 Å². The predicted molar refractivity (Wildman–Crippen MR) is 122 cm³/mol. The Morgan fingerprint density at radius 1 is 1.19 bits per heavy atom. The van der Waals surface area contributed by atoms with Gasteiger partial charge in [-0.15, -0.1) is 16.8 Å². The first kappa shape index (κ1) is 22.3. The molecule has 0 saturated heterocycles. The highest BCUT2D eigenvalue weighted by Gasteiger charge is 2.15. The maximum absolute atomic E-state index is 12.4. The first-order valence-corrected chi connectivity index (χ1v) is 10.7. The van der Waals surface area contributed by atoms with Crippen molar-refractivity contribution in [2.75, 3.05) is 11.1 Å².